The Bertz CT molecular complexity index is 673. The fraction of sp³-hybridized carbons (Fsp3) is 0.133. The van der Waals surface area contributed by atoms with Crippen molar-refractivity contribution >= 4 is 44.8 Å². The van der Waals surface area contributed by atoms with Crippen molar-refractivity contribution < 1.29 is 9.18 Å². The molecule has 0 saturated carbocycles. The maximum absolute atomic E-state index is 13.1. The van der Waals surface area contributed by atoms with Gasteiger partial charge in [0.1, 0.15) is 5.82 Å². The maximum atomic E-state index is 13.1. The van der Waals surface area contributed by atoms with Crippen molar-refractivity contribution in [3.63, 3.8) is 0 Å². The van der Waals surface area contributed by atoms with Crippen LogP contribution in [0.25, 0.3) is 0 Å². The van der Waals surface area contributed by atoms with Crippen LogP contribution in [0.3, 0.4) is 0 Å². The SMILES string of the molecule is C=CCN(Cc1ccc(Cl)s1)C(=O)c1ccc(F)cc1Br. The second-order valence-corrected chi connectivity index (χ2v) is 6.96. The Morgan fingerprint density at radius 3 is 2.76 bits per heavy atom. The molecule has 0 atom stereocenters. The molecule has 0 aliphatic carbocycles. The van der Waals surface area contributed by atoms with Crippen molar-refractivity contribution in [3.05, 3.63) is 68.1 Å². The van der Waals surface area contributed by atoms with Crippen LogP contribution in [0.15, 0.2) is 47.5 Å². The van der Waals surface area contributed by atoms with Crippen molar-refractivity contribution in [2.45, 2.75) is 6.54 Å². The van der Waals surface area contributed by atoms with E-state index in [1.807, 2.05) is 6.07 Å². The van der Waals surface area contributed by atoms with Crippen LogP contribution in [0.5, 0.6) is 0 Å². The van der Waals surface area contributed by atoms with Gasteiger partial charge in [-0.15, -0.1) is 17.9 Å². The third-order valence-electron chi connectivity index (χ3n) is 2.77. The molecule has 110 valence electrons. The van der Waals surface area contributed by atoms with Crippen LogP contribution in [-0.4, -0.2) is 17.4 Å². The predicted molar refractivity (Wildman–Crippen MR) is 88.4 cm³/mol. The Kier molecular flexibility index (Phi) is 5.56. The first kappa shape index (κ1) is 16.2. The van der Waals surface area contributed by atoms with Crippen molar-refractivity contribution in [2.75, 3.05) is 6.54 Å². The summed E-state index contributed by atoms with van der Waals surface area (Å²) in [5.74, 6) is -0.579. The fourth-order valence-electron chi connectivity index (χ4n) is 1.83. The van der Waals surface area contributed by atoms with Gasteiger partial charge >= 0.3 is 0 Å². The average Bonchev–Trinajstić information content (AvgIpc) is 2.83. The smallest absolute Gasteiger partial charge is 0.255 e. The number of hydrogen-bond donors (Lipinski definition) is 0. The topological polar surface area (TPSA) is 20.3 Å². The molecule has 0 N–H and O–H groups in total. The van der Waals surface area contributed by atoms with Crippen LogP contribution in [0.4, 0.5) is 4.39 Å². The molecule has 21 heavy (non-hydrogen) atoms. The number of benzene rings is 1. The summed E-state index contributed by atoms with van der Waals surface area (Å²) in [5, 5.41) is 0. The number of halogens is 3. The lowest BCUT2D eigenvalue weighted by molar-refractivity contribution is 0.0763. The van der Waals surface area contributed by atoms with Crippen LogP contribution in [-0.2, 0) is 6.54 Å². The minimum Gasteiger partial charge on any atom is -0.330 e. The molecule has 1 aromatic heterocycles. The van der Waals surface area contributed by atoms with Gasteiger partial charge in [-0.3, -0.25) is 4.79 Å². The highest BCUT2D eigenvalue weighted by Gasteiger charge is 2.18. The van der Waals surface area contributed by atoms with E-state index < -0.39 is 5.82 Å². The van der Waals surface area contributed by atoms with Gasteiger partial charge in [0.05, 0.1) is 16.4 Å². The fourth-order valence-corrected chi connectivity index (χ4v) is 3.46. The van der Waals surface area contributed by atoms with E-state index >= 15 is 0 Å². The van der Waals surface area contributed by atoms with Gasteiger partial charge in [0.25, 0.3) is 5.91 Å². The Morgan fingerprint density at radius 2 is 2.19 bits per heavy atom. The standard InChI is InChI=1S/C15H12BrClFNOS/c1-2-7-19(9-11-4-6-14(17)21-11)15(20)12-5-3-10(18)8-13(12)16/h2-6,8H,1,7,9H2. The van der Waals surface area contributed by atoms with E-state index in [4.69, 9.17) is 11.6 Å². The summed E-state index contributed by atoms with van der Waals surface area (Å²) in [6, 6.07) is 7.70. The number of nitrogens with zero attached hydrogens (tertiary/aromatic N) is 1. The summed E-state index contributed by atoms with van der Waals surface area (Å²) >= 11 is 10.6. The first-order valence-corrected chi connectivity index (χ1v) is 8.09. The summed E-state index contributed by atoms with van der Waals surface area (Å²) in [6.07, 6.45) is 1.66. The molecule has 6 heteroatoms. The second kappa shape index (κ2) is 7.20. The lowest BCUT2D eigenvalue weighted by Gasteiger charge is -2.21. The maximum Gasteiger partial charge on any atom is 0.255 e. The summed E-state index contributed by atoms with van der Waals surface area (Å²) < 4.78 is 14.2. The zero-order chi connectivity index (χ0) is 15.4. The highest BCUT2D eigenvalue weighted by atomic mass is 79.9. The van der Waals surface area contributed by atoms with E-state index in [0.29, 0.717) is 27.5 Å². The van der Waals surface area contributed by atoms with E-state index in [1.165, 1.54) is 29.5 Å². The average molecular weight is 389 g/mol. The number of amides is 1. The monoisotopic (exact) mass is 387 g/mol. The Balaban J connectivity index is 2.24. The van der Waals surface area contributed by atoms with Gasteiger partial charge in [0.2, 0.25) is 0 Å². The van der Waals surface area contributed by atoms with E-state index in [9.17, 15) is 9.18 Å². The molecule has 0 fully saturated rings. The molecule has 1 aromatic carbocycles. The first-order valence-electron chi connectivity index (χ1n) is 6.10. The second-order valence-electron chi connectivity index (χ2n) is 4.30. The summed E-state index contributed by atoms with van der Waals surface area (Å²) in [7, 11) is 0. The zero-order valence-electron chi connectivity index (χ0n) is 11.0. The molecule has 0 radical (unpaired) electrons. The molecule has 0 bridgehead atoms. The third kappa shape index (κ3) is 4.15. The van der Waals surface area contributed by atoms with Crippen molar-refractivity contribution in [1.82, 2.24) is 4.90 Å². The van der Waals surface area contributed by atoms with Gasteiger partial charge in [-0.05, 0) is 46.3 Å². The Labute approximate surface area is 140 Å². The van der Waals surface area contributed by atoms with Crippen LogP contribution < -0.4 is 0 Å². The number of rotatable bonds is 5. The van der Waals surface area contributed by atoms with Gasteiger partial charge in [0.15, 0.2) is 0 Å². The number of hydrogen-bond acceptors (Lipinski definition) is 2. The number of thiophene rings is 1. The van der Waals surface area contributed by atoms with E-state index in [2.05, 4.69) is 22.5 Å². The largest absolute Gasteiger partial charge is 0.330 e. The van der Waals surface area contributed by atoms with Crippen LogP contribution in [0, 0.1) is 5.82 Å². The molecule has 0 saturated heterocycles. The highest BCUT2D eigenvalue weighted by molar-refractivity contribution is 9.10. The molecule has 0 spiro atoms. The summed E-state index contributed by atoms with van der Waals surface area (Å²) in [6.45, 7) is 4.51. The van der Waals surface area contributed by atoms with Crippen molar-refractivity contribution in [3.8, 4) is 0 Å². The lowest BCUT2D eigenvalue weighted by Crippen LogP contribution is -2.30. The van der Waals surface area contributed by atoms with Crippen LogP contribution in [0.1, 0.15) is 15.2 Å². The quantitative estimate of drug-likeness (QED) is 0.650. The highest BCUT2D eigenvalue weighted by Crippen LogP contribution is 2.25. The van der Waals surface area contributed by atoms with Gasteiger partial charge in [0, 0.05) is 15.9 Å². The molecule has 1 heterocycles. The number of carbonyl (C=O) groups excluding carboxylic acids is 1. The van der Waals surface area contributed by atoms with Gasteiger partial charge < -0.3 is 4.90 Å². The molecule has 2 nitrogen and oxygen atoms in total. The summed E-state index contributed by atoms with van der Waals surface area (Å²) in [4.78, 5) is 15.2. The van der Waals surface area contributed by atoms with Gasteiger partial charge in [-0.2, -0.15) is 0 Å². The zero-order valence-corrected chi connectivity index (χ0v) is 14.1. The van der Waals surface area contributed by atoms with Crippen molar-refractivity contribution in [1.29, 1.82) is 0 Å². The van der Waals surface area contributed by atoms with E-state index in [0.717, 1.165) is 4.88 Å². The lowest BCUT2D eigenvalue weighted by atomic mass is 10.2. The molecule has 0 aliphatic heterocycles. The molecular weight excluding hydrogens is 377 g/mol. The van der Waals surface area contributed by atoms with E-state index in [1.54, 1.807) is 17.0 Å². The minimum atomic E-state index is -0.390. The Morgan fingerprint density at radius 1 is 1.43 bits per heavy atom. The molecular formula is C15H12BrClFNOS. The van der Waals surface area contributed by atoms with Gasteiger partial charge in [-0.1, -0.05) is 17.7 Å². The predicted octanol–water partition coefficient (Wildman–Crippen LogP) is 5.13. The van der Waals surface area contributed by atoms with Crippen LogP contribution >= 0.6 is 38.9 Å². The molecule has 0 unspecified atom stereocenters. The van der Waals surface area contributed by atoms with E-state index in [-0.39, 0.29) is 5.91 Å². The van der Waals surface area contributed by atoms with Crippen molar-refractivity contribution in [2.24, 2.45) is 0 Å². The first-order chi connectivity index (χ1) is 10.0. The normalized spacial score (nSPS) is 10.4. The summed E-state index contributed by atoms with van der Waals surface area (Å²) in [5.41, 5.74) is 0.418. The molecule has 2 rings (SSSR count). The third-order valence-corrected chi connectivity index (χ3v) is 4.65. The molecule has 0 aliphatic rings. The van der Waals surface area contributed by atoms with Crippen LogP contribution in [0.2, 0.25) is 4.34 Å². The number of carbonyl (C=O) groups is 1. The molecule has 2 aromatic rings. The molecule has 1 amide bonds. The van der Waals surface area contributed by atoms with Gasteiger partial charge in [-0.25, -0.2) is 4.39 Å². The minimum absolute atomic E-state index is 0.189. The Hall–Kier alpha value is -1.17.